The standard InChI is InChI=1S/C13H26N4OS/c1-4-13(5-2,19-3)11-14-9-12-10-17(16-15-12)7-6-8-18/h10,14,18H,4-9,11H2,1-3H3. The minimum Gasteiger partial charge on any atom is -0.396 e. The van der Waals surface area contributed by atoms with Crippen LogP contribution in [0.2, 0.25) is 0 Å². The molecule has 0 spiro atoms. The Morgan fingerprint density at radius 2 is 2.16 bits per heavy atom. The summed E-state index contributed by atoms with van der Waals surface area (Å²) in [5.41, 5.74) is 0.958. The Bertz CT molecular complexity index is 344. The molecule has 110 valence electrons. The summed E-state index contributed by atoms with van der Waals surface area (Å²) >= 11 is 1.94. The van der Waals surface area contributed by atoms with Crippen LogP contribution >= 0.6 is 11.8 Å². The van der Waals surface area contributed by atoms with Crippen LogP contribution in [-0.4, -0.2) is 44.3 Å². The van der Waals surface area contributed by atoms with Crippen LogP contribution < -0.4 is 5.32 Å². The van der Waals surface area contributed by atoms with Crippen LogP contribution in [-0.2, 0) is 13.1 Å². The summed E-state index contributed by atoms with van der Waals surface area (Å²) in [5, 5.41) is 20.4. The van der Waals surface area contributed by atoms with Crippen molar-refractivity contribution in [3.8, 4) is 0 Å². The first-order valence-electron chi connectivity index (χ1n) is 6.95. The molecule has 0 aliphatic heterocycles. The summed E-state index contributed by atoms with van der Waals surface area (Å²) in [5.74, 6) is 0. The average Bonchev–Trinajstić information content (AvgIpc) is 2.90. The van der Waals surface area contributed by atoms with Crippen LogP contribution in [0.1, 0.15) is 38.8 Å². The van der Waals surface area contributed by atoms with E-state index in [2.05, 4.69) is 35.7 Å². The van der Waals surface area contributed by atoms with E-state index >= 15 is 0 Å². The van der Waals surface area contributed by atoms with Gasteiger partial charge in [0.1, 0.15) is 0 Å². The van der Waals surface area contributed by atoms with Gasteiger partial charge in [-0.1, -0.05) is 19.1 Å². The lowest BCUT2D eigenvalue weighted by Crippen LogP contribution is -2.36. The second-order valence-electron chi connectivity index (χ2n) is 4.75. The van der Waals surface area contributed by atoms with E-state index in [9.17, 15) is 0 Å². The Balaban J connectivity index is 2.38. The predicted molar refractivity (Wildman–Crippen MR) is 80.3 cm³/mol. The Morgan fingerprint density at radius 1 is 1.42 bits per heavy atom. The third-order valence-electron chi connectivity index (χ3n) is 3.61. The predicted octanol–water partition coefficient (Wildman–Crippen LogP) is 1.67. The Labute approximate surface area is 120 Å². The summed E-state index contributed by atoms with van der Waals surface area (Å²) in [6.07, 6.45) is 7.18. The van der Waals surface area contributed by atoms with Gasteiger partial charge in [-0.3, -0.25) is 4.68 Å². The van der Waals surface area contributed by atoms with E-state index in [1.165, 1.54) is 12.8 Å². The van der Waals surface area contributed by atoms with Crippen molar-refractivity contribution < 1.29 is 5.11 Å². The molecule has 0 amide bonds. The van der Waals surface area contributed by atoms with Crippen LogP contribution in [0.5, 0.6) is 0 Å². The molecular formula is C13H26N4OS. The van der Waals surface area contributed by atoms with Gasteiger partial charge in [0.15, 0.2) is 0 Å². The molecule has 0 unspecified atom stereocenters. The van der Waals surface area contributed by atoms with Crippen molar-refractivity contribution in [3.05, 3.63) is 11.9 Å². The molecule has 0 bridgehead atoms. The number of aliphatic hydroxyl groups excluding tert-OH is 1. The average molecular weight is 286 g/mol. The first kappa shape index (κ1) is 16.5. The van der Waals surface area contributed by atoms with Gasteiger partial charge >= 0.3 is 0 Å². The van der Waals surface area contributed by atoms with Crippen molar-refractivity contribution in [2.75, 3.05) is 19.4 Å². The molecule has 1 aromatic heterocycles. The molecule has 0 aromatic carbocycles. The topological polar surface area (TPSA) is 63.0 Å². The highest BCUT2D eigenvalue weighted by atomic mass is 32.2. The Morgan fingerprint density at radius 3 is 2.74 bits per heavy atom. The van der Waals surface area contributed by atoms with Crippen LogP contribution in [0.15, 0.2) is 6.20 Å². The molecule has 0 saturated carbocycles. The van der Waals surface area contributed by atoms with Crippen molar-refractivity contribution in [3.63, 3.8) is 0 Å². The zero-order chi connectivity index (χ0) is 14.1. The Kier molecular flexibility index (Phi) is 7.41. The Hall–Kier alpha value is -0.590. The molecule has 2 N–H and O–H groups in total. The van der Waals surface area contributed by atoms with Crippen molar-refractivity contribution in [2.45, 2.75) is 50.9 Å². The van der Waals surface area contributed by atoms with Gasteiger partial charge in [0.2, 0.25) is 0 Å². The van der Waals surface area contributed by atoms with Gasteiger partial charge in [-0.2, -0.15) is 11.8 Å². The molecule has 5 nitrogen and oxygen atoms in total. The fraction of sp³-hybridized carbons (Fsp3) is 0.846. The summed E-state index contributed by atoms with van der Waals surface area (Å²) in [6.45, 7) is 7.14. The molecule has 0 radical (unpaired) electrons. The fourth-order valence-corrected chi connectivity index (χ4v) is 2.86. The number of hydrogen-bond donors (Lipinski definition) is 2. The van der Waals surface area contributed by atoms with E-state index < -0.39 is 0 Å². The number of aryl methyl sites for hydroxylation is 1. The molecule has 1 aromatic rings. The van der Waals surface area contributed by atoms with Crippen molar-refractivity contribution in [1.82, 2.24) is 20.3 Å². The van der Waals surface area contributed by atoms with E-state index in [0.29, 0.717) is 4.75 Å². The minimum absolute atomic E-state index is 0.191. The van der Waals surface area contributed by atoms with E-state index in [-0.39, 0.29) is 6.61 Å². The number of thioether (sulfide) groups is 1. The normalized spacial score (nSPS) is 12.0. The van der Waals surface area contributed by atoms with Crippen molar-refractivity contribution in [2.24, 2.45) is 0 Å². The number of nitrogens with one attached hydrogen (secondary N) is 1. The summed E-state index contributed by atoms with van der Waals surface area (Å²) in [4.78, 5) is 0. The molecule has 1 rings (SSSR count). The smallest absolute Gasteiger partial charge is 0.0964 e. The fourth-order valence-electron chi connectivity index (χ4n) is 2.04. The highest BCUT2D eigenvalue weighted by Gasteiger charge is 2.24. The lowest BCUT2D eigenvalue weighted by molar-refractivity contribution is 0.276. The third kappa shape index (κ3) is 5.12. The largest absolute Gasteiger partial charge is 0.396 e. The molecule has 1 heterocycles. The lowest BCUT2D eigenvalue weighted by Gasteiger charge is -2.29. The van der Waals surface area contributed by atoms with E-state index in [1.54, 1.807) is 4.68 Å². The van der Waals surface area contributed by atoms with Crippen molar-refractivity contribution in [1.29, 1.82) is 0 Å². The SMILES string of the molecule is CCC(CC)(CNCc1cn(CCCO)nn1)SC. The van der Waals surface area contributed by atoms with Gasteiger partial charge in [0.25, 0.3) is 0 Å². The van der Waals surface area contributed by atoms with Gasteiger partial charge in [0.05, 0.1) is 5.69 Å². The molecule has 0 saturated heterocycles. The maximum Gasteiger partial charge on any atom is 0.0964 e. The maximum absolute atomic E-state index is 8.77. The first-order chi connectivity index (χ1) is 9.19. The minimum atomic E-state index is 0.191. The maximum atomic E-state index is 8.77. The highest BCUT2D eigenvalue weighted by molar-refractivity contribution is 8.00. The molecule has 0 aliphatic rings. The number of aromatic nitrogens is 3. The molecule has 0 atom stereocenters. The second-order valence-corrected chi connectivity index (χ2v) is 6.02. The first-order valence-corrected chi connectivity index (χ1v) is 8.18. The summed E-state index contributed by atoms with van der Waals surface area (Å²) in [6, 6.07) is 0. The zero-order valence-corrected chi connectivity index (χ0v) is 13.0. The summed E-state index contributed by atoms with van der Waals surface area (Å²) < 4.78 is 2.11. The van der Waals surface area contributed by atoms with Gasteiger partial charge in [-0.25, -0.2) is 0 Å². The molecule has 6 heteroatoms. The van der Waals surface area contributed by atoms with Crippen LogP contribution in [0.3, 0.4) is 0 Å². The molecule has 19 heavy (non-hydrogen) atoms. The second kappa shape index (κ2) is 8.55. The van der Waals surface area contributed by atoms with E-state index in [1.807, 2.05) is 18.0 Å². The van der Waals surface area contributed by atoms with Crippen LogP contribution in [0.4, 0.5) is 0 Å². The number of nitrogens with zero attached hydrogens (tertiary/aromatic N) is 3. The van der Waals surface area contributed by atoms with E-state index in [0.717, 1.165) is 31.7 Å². The van der Waals surface area contributed by atoms with Gasteiger partial charge < -0.3 is 10.4 Å². The number of hydrogen-bond acceptors (Lipinski definition) is 5. The van der Waals surface area contributed by atoms with Crippen molar-refractivity contribution >= 4 is 11.8 Å². The van der Waals surface area contributed by atoms with Gasteiger partial charge in [0, 0.05) is 37.2 Å². The van der Waals surface area contributed by atoms with E-state index in [4.69, 9.17) is 5.11 Å². The quantitative estimate of drug-likeness (QED) is 0.685. The molecular weight excluding hydrogens is 260 g/mol. The molecule has 0 aliphatic carbocycles. The highest BCUT2D eigenvalue weighted by Crippen LogP contribution is 2.29. The number of aliphatic hydroxyl groups is 1. The summed E-state index contributed by atoms with van der Waals surface area (Å²) in [7, 11) is 0. The van der Waals surface area contributed by atoms with Crippen LogP contribution in [0, 0.1) is 0 Å². The number of rotatable bonds is 10. The van der Waals surface area contributed by atoms with Crippen LogP contribution in [0.25, 0.3) is 0 Å². The van der Waals surface area contributed by atoms with Gasteiger partial charge in [-0.15, -0.1) is 5.10 Å². The molecule has 0 fully saturated rings. The van der Waals surface area contributed by atoms with Gasteiger partial charge in [-0.05, 0) is 25.5 Å². The monoisotopic (exact) mass is 286 g/mol. The zero-order valence-electron chi connectivity index (χ0n) is 12.2. The third-order valence-corrected chi connectivity index (χ3v) is 5.19. The lowest BCUT2D eigenvalue weighted by atomic mass is 10.0.